The van der Waals surface area contributed by atoms with Crippen molar-refractivity contribution in [3.63, 3.8) is 0 Å². The lowest BCUT2D eigenvalue weighted by Gasteiger charge is -2.16. The molecule has 0 fully saturated rings. The fourth-order valence-electron chi connectivity index (χ4n) is 1.17. The van der Waals surface area contributed by atoms with Gasteiger partial charge in [0, 0.05) is 18.3 Å². The Bertz CT molecular complexity index is 397. The van der Waals surface area contributed by atoms with Gasteiger partial charge in [0.15, 0.2) is 6.10 Å². The molecule has 5 nitrogen and oxygen atoms in total. The third-order valence-electron chi connectivity index (χ3n) is 2.15. The lowest BCUT2D eigenvalue weighted by Crippen LogP contribution is -2.35. The molecule has 1 aromatic heterocycles. The molecule has 0 amide bonds. The van der Waals surface area contributed by atoms with Crippen molar-refractivity contribution in [2.45, 2.75) is 26.1 Å². The van der Waals surface area contributed by atoms with Crippen LogP contribution in [0.25, 0.3) is 0 Å². The van der Waals surface area contributed by atoms with Crippen LogP contribution in [-0.2, 0) is 0 Å². The summed E-state index contributed by atoms with van der Waals surface area (Å²) in [6.07, 6.45) is -5.57. The Kier molecular flexibility index (Phi) is 4.71. The SMILES string of the molecule is CCNc1ncc(C)c(NCC(O)C(F)(F)F)n1. The Morgan fingerprint density at radius 1 is 1.39 bits per heavy atom. The maximum Gasteiger partial charge on any atom is 0.416 e. The summed E-state index contributed by atoms with van der Waals surface area (Å²) in [6.45, 7) is 3.47. The Balaban J connectivity index is 2.69. The molecule has 0 aliphatic rings. The Morgan fingerprint density at radius 3 is 2.61 bits per heavy atom. The topological polar surface area (TPSA) is 70.1 Å². The zero-order valence-electron chi connectivity index (χ0n) is 10.0. The molecular formula is C10H15F3N4O. The number of aliphatic hydroxyl groups excluding tert-OH is 1. The number of hydrogen-bond donors (Lipinski definition) is 3. The Morgan fingerprint density at radius 2 is 2.06 bits per heavy atom. The van der Waals surface area contributed by atoms with E-state index in [4.69, 9.17) is 5.11 Å². The highest BCUT2D eigenvalue weighted by molar-refractivity contribution is 5.46. The van der Waals surface area contributed by atoms with Crippen LogP contribution in [0.15, 0.2) is 6.20 Å². The van der Waals surface area contributed by atoms with Crippen LogP contribution in [0.5, 0.6) is 0 Å². The first-order chi connectivity index (χ1) is 8.34. The minimum Gasteiger partial charge on any atom is -0.382 e. The lowest BCUT2D eigenvalue weighted by atomic mass is 10.3. The number of nitrogens with zero attached hydrogens (tertiary/aromatic N) is 2. The summed E-state index contributed by atoms with van der Waals surface area (Å²) in [5.74, 6) is 0.594. The monoisotopic (exact) mass is 264 g/mol. The summed E-state index contributed by atoms with van der Waals surface area (Å²) in [4.78, 5) is 7.96. The minimum absolute atomic E-state index is 0.268. The second-order valence-corrected chi connectivity index (χ2v) is 3.69. The maximum absolute atomic E-state index is 12.1. The molecule has 1 unspecified atom stereocenters. The largest absolute Gasteiger partial charge is 0.416 e. The van der Waals surface area contributed by atoms with Gasteiger partial charge in [-0.25, -0.2) is 4.98 Å². The number of rotatable bonds is 5. The predicted molar refractivity (Wildman–Crippen MR) is 61.5 cm³/mol. The molecule has 0 aromatic carbocycles. The molecule has 3 N–H and O–H groups in total. The third kappa shape index (κ3) is 4.02. The number of aryl methyl sites for hydroxylation is 1. The van der Waals surface area contributed by atoms with Gasteiger partial charge < -0.3 is 15.7 Å². The number of aromatic nitrogens is 2. The highest BCUT2D eigenvalue weighted by atomic mass is 19.4. The summed E-state index contributed by atoms with van der Waals surface area (Å²) >= 11 is 0. The molecule has 0 aliphatic heterocycles. The molecule has 0 aliphatic carbocycles. The van der Waals surface area contributed by atoms with Crippen molar-refractivity contribution in [2.24, 2.45) is 0 Å². The van der Waals surface area contributed by atoms with Crippen LogP contribution in [0, 0.1) is 6.92 Å². The van der Waals surface area contributed by atoms with Gasteiger partial charge in [-0.3, -0.25) is 0 Å². The van der Waals surface area contributed by atoms with Crippen molar-refractivity contribution < 1.29 is 18.3 Å². The van der Waals surface area contributed by atoms with Gasteiger partial charge >= 0.3 is 6.18 Å². The van der Waals surface area contributed by atoms with E-state index in [9.17, 15) is 13.2 Å². The number of aliphatic hydroxyl groups is 1. The van der Waals surface area contributed by atoms with Crippen molar-refractivity contribution in [2.75, 3.05) is 23.7 Å². The first kappa shape index (κ1) is 14.5. The fraction of sp³-hybridized carbons (Fsp3) is 0.600. The highest BCUT2D eigenvalue weighted by Crippen LogP contribution is 2.21. The molecule has 102 valence electrons. The minimum atomic E-state index is -4.64. The van der Waals surface area contributed by atoms with Crippen LogP contribution < -0.4 is 10.6 Å². The lowest BCUT2D eigenvalue weighted by molar-refractivity contribution is -0.198. The third-order valence-corrected chi connectivity index (χ3v) is 2.15. The molecule has 1 atom stereocenters. The van der Waals surface area contributed by atoms with E-state index in [0.29, 0.717) is 18.1 Å². The fourth-order valence-corrected chi connectivity index (χ4v) is 1.17. The molecule has 0 bridgehead atoms. The first-order valence-corrected chi connectivity index (χ1v) is 5.40. The van der Waals surface area contributed by atoms with Crippen LogP contribution in [0.1, 0.15) is 12.5 Å². The van der Waals surface area contributed by atoms with Crippen molar-refractivity contribution in [1.29, 1.82) is 0 Å². The smallest absolute Gasteiger partial charge is 0.382 e. The van der Waals surface area contributed by atoms with Crippen LogP contribution in [0.3, 0.4) is 0 Å². The molecule has 0 spiro atoms. The van der Waals surface area contributed by atoms with Crippen molar-refractivity contribution in [3.05, 3.63) is 11.8 Å². The van der Waals surface area contributed by atoms with Crippen molar-refractivity contribution >= 4 is 11.8 Å². The average Bonchev–Trinajstić information content (AvgIpc) is 2.28. The van der Waals surface area contributed by atoms with E-state index in [2.05, 4.69) is 20.6 Å². The summed E-state index contributed by atoms with van der Waals surface area (Å²) in [6, 6.07) is 0. The molecular weight excluding hydrogens is 249 g/mol. The second kappa shape index (κ2) is 5.85. The van der Waals surface area contributed by atoms with Gasteiger partial charge in [0.25, 0.3) is 0 Å². The van der Waals surface area contributed by atoms with E-state index < -0.39 is 18.8 Å². The van der Waals surface area contributed by atoms with E-state index >= 15 is 0 Å². The van der Waals surface area contributed by atoms with Gasteiger partial charge in [0.05, 0.1) is 6.54 Å². The second-order valence-electron chi connectivity index (χ2n) is 3.69. The number of halogens is 3. The quantitative estimate of drug-likeness (QED) is 0.752. The molecule has 1 rings (SSSR count). The normalized spacial score (nSPS) is 13.2. The van der Waals surface area contributed by atoms with Crippen LogP contribution >= 0.6 is 0 Å². The van der Waals surface area contributed by atoms with E-state index in [1.165, 1.54) is 6.20 Å². The number of alkyl halides is 3. The summed E-state index contributed by atoms with van der Waals surface area (Å²) in [5.41, 5.74) is 0.603. The molecule has 8 heteroatoms. The number of hydrogen-bond acceptors (Lipinski definition) is 5. The Hall–Kier alpha value is -1.57. The van der Waals surface area contributed by atoms with Gasteiger partial charge in [-0.15, -0.1) is 0 Å². The molecule has 18 heavy (non-hydrogen) atoms. The average molecular weight is 264 g/mol. The summed E-state index contributed by atoms with van der Waals surface area (Å²) in [5, 5.41) is 14.2. The van der Waals surface area contributed by atoms with E-state index in [1.807, 2.05) is 6.92 Å². The summed E-state index contributed by atoms with van der Waals surface area (Å²) < 4.78 is 36.4. The molecule has 0 radical (unpaired) electrons. The standard InChI is InChI=1S/C10H15F3N4O/c1-3-14-9-16-4-6(2)8(17-9)15-5-7(18)10(11,12)13/h4,7,18H,3,5H2,1-2H3,(H2,14,15,16,17). The number of anilines is 2. The van der Waals surface area contributed by atoms with Gasteiger partial charge in [0.2, 0.25) is 5.95 Å². The van der Waals surface area contributed by atoms with Gasteiger partial charge in [-0.1, -0.05) is 0 Å². The van der Waals surface area contributed by atoms with E-state index in [-0.39, 0.29) is 5.82 Å². The first-order valence-electron chi connectivity index (χ1n) is 5.40. The molecule has 1 heterocycles. The van der Waals surface area contributed by atoms with E-state index in [0.717, 1.165) is 0 Å². The van der Waals surface area contributed by atoms with Crippen molar-refractivity contribution in [1.82, 2.24) is 9.97 Å². The van der Waals surface area contributed by atoms with Crippen LogP contribution in [0.4, 0.5) is 24.9 Å². The van der Waals surface area contributed by atoms with Gasteiger partial charge in [0.1, 0.15) is 5.82 Å². The van der Waals surface area contributed by atoms with Gasteiger partial charge in [-0.2, -0.15) is 18.2 Å². The van der Waals surface area contributed by atoms with E-state index in [1.54, 1.807) is 6.92 Å². The summed E-state index contributed by atoms with van der Waals surface area (Å²) in [7, 11) is 0. The predicted octanol–water partition coefficient (Wildman–Crippen LogP) is 1.55. The van der Waals surface area contributed by atoms with Crippen LogP contribution in [-0.4, -0.2) is 40.4 Å². The molecule has 0 saturated carbocycles. The van der Waals surface area contributed by atoms with Crippen LogP contribution in [0.2, 0.25) is 0 Å². The Labute approximate surface area is 102 Å². The zero-order chi connectivity index (χ0) is 13.8. The van der Waals surface area contributed by atoms with Crippen molar-refractivity contribution in [3.8, 4) is 0 Å². The van der Waals surface area contributed by atoms with Gasteiger partial charge in [-0.05, 0) is 13.8 Å². The molecule has 0 saturated heterocycles. The highest BCUT2D eigenvalue weighted by Gasteiger charge is 2.37. The zero-order valence-corrected chi connectivity index (χ0v) is 10.0. The molecule has 1 aromatic rings. The maximum atomic E-state index is 12.1. The number of nitrogens with one attached hydrogen (secondary N) is 2.